The molecule has 1 aliphatic carbocycles. The number of hydrogen-bond donors (Lipinski definition) is 1. The van der Waals surface area contributed by atoms with Gasteiger partial charge < -0.3 is 10.6 Å². The second kappa shape index (κ2) is 5.52. The molecule has 108 valence electrons. The predicted molar refractivity (Wildman–Crippen MR) is 77.9 cm³/mol. The van der Waals surface area contributed by atoms with Crippen LogP contribution in [0.4, 0.5) is 10.1 Å². The van der Waals surface area contributed by atoms with Gasteiger partial charge in [-0.2, -0.15) is 0 Å². The van der Waals surface area contributed by atoms with Crippen LogP contribution in [-0.4, -0.2) is 21.8 Å². The normalized spacial score (nSPS) is 14.0. The molecule has 2 aromatic rings. The van der Waals surface area contributed by atoms with Gasteiger partial charge in [0.15, 0.2) is 0 Å². The maximum absolute atomic E-state index is 13.4. The average Bonchev–Trinajstić information content (AvgIpc) is 3.32. The van der Waals surface area contributed by atoms with Gasteiger partial charge in [0.25, 0.3) is 5.91 Å². The molecule has 0 saturated heterocycles. The minimum atomic E-state index is -0.457. The summed E-state index contributed by atoms with van der Waals surface area (Å²) in [5.74, 6) is -0.693. The van der Waals surface area contributed by atoms with E-state index in [9.17, 15) is 9.18 Å². The second-order valence-electron chi connectivity index (χ2n) is 5.22. The molecule has 1 aromatic heterocycles. The third-order valence-electron chi connectivity index (χ3n) is 3.55. The molecule has 3 rings (SSSR count). The first-order valence-corrected chi connectivity index (χ1v) is 6.91. The van der Waals surface area contributed by atoms with Crippen molar-refractivity contribution in [1.29, 1.82) is 0 Å². The number of rotatable bonds is 4. The molecule has 21 heavy (non-hydrogen) atoms. The summed E-state index contributed by atoms with van der Waals surface area (Å²) in [6.07, 6.45) is 3.63. The topological polar surface area (TPSA) is 59.2 Å². The fourth-order valence-corrected chi connectivity index (χ4v) is 2.29. The summed E-state index contributed by atoms with van der Waals surface area (Å²) in [5, 5.41) is 0. The van der Waals surface area contributed by atoms with Gasteiger partial charge in [-0.3, -0.25) is 9.78 Å². The largest absolute Gasteiger partial charge is 0.398 e. The van der Waals surface area contributed by atoms with Crippen molar-refractivity contribution in [3.8, 4) is 0 Å². The van der Waals surface area contributed by atoms with Gasteiger partial charge in [-0.25, -0.2) is 4.39 Å². The first-order chi connectivity index (χ1) is 10.1. The number of hydrogen-bond acceptors (Lipinski definition) is 3. The number of halogens is 1. The Bertz CT molecular complexity index is 656. The standard InChI is InChI=1S/C16H16FN3O/c17-11-4-7-15(18)14(9-11)16(21)20(13-5-6-13)10-12-3-1-2-8-19-12/h1-4,7-9,13H,5-6,10,18H2. The third kappa shape index (κ3) is 3.02. The lowest BCUT2D eigenvalue weighted by Crippen LogP contribution is -2.33. The van der Waals surface area contributed by atoms with Crippen LogP contribution < -0.4 is 5.73 Å². The lowest BCUT2D eigenvalue weighted by molar-refractivity contribution is 0.0728. The van der Waals surface area contributed by atoms with Crippen LogP contribution >= 0.6 is 0 Å². The molecule has 0 bridgehead atoms. The van der Waals surface area contributed by atoms with Crippen molar-refractivity contribution in [2.45, 2.75) is 25.4 Å². The highest BCUT2D eigenvalue weighted by Crippen LogP contribution is 2.30. The van der Waals surface area contributed by atoms with E-state index in [2.05, 4.69) is 4.98 Å². The van der Waals surface area contributed by atoms with E-state index in [0.717, 1.165) is 18.5 Å². The molecule has 0 aliphatic heterocycles. The van der Waals surface area contributed by atoms with E-state index in [-0.39, 0.29) is 17.5 Å². The number of anilines is 1. The molecule has 1 fully saturated rings. The fourth-order valence-electron chi connectivity index (χ4n) is 2.29. The van der Waals surface area contributed by atoms with Gasteiger partial charge in [0.05, 0.1) is 17.8 Å². The number of nitrogens with two attached hydrogens (primary N) is 1. The lowest BCUT2D eigenvalue weighted by atomic mass is 10.1. The van der Waals surface area contributed by atoms with Crippen molar-refractivity contribution >= 4 is 11.6 Å². The molecule has 1 heterocycles. The minimum Gasteiger partial charge on any atom is -0.398 e. The highest BCUT2D eigenvalue weighted by atomic mass is 19.1. The first-order valence-electron chi connectivity index (χ1n) is 6.91. The van der Waals surface area contributed by atoms with Crippen molar-refractivity contribution in [2.75, 3.05) is 5.73 Å². The summed E-state index contributed by atoms with van der Waals surface area (Å²) in [5.41, 5.74) is 7.14. The average molecular weight is 285 g/mol. The van der Waals surface area contributed by atoms with E-state index in [1.165, 1.54) is 18.2 Å². The maximum atomic E-state index is 13.4. The van der Waals surface area contributed by atoms with Crippen LogP contribution in [0.15, 0.2) is 42.6 Å². The Kier molecular flexibility index (Phi) is 3.56. The third-order valence-corrected chi connectivity index (χ3v) is 3.55. The molecule has 0 spiro atoms. The number of carbonyl (C=O) groups is 1. The highest BCUT2D eigenvalue weighted by Gasteiger charge is 2.34. The number of nitrogens with zero attached hydrogens (tertiary/aromatic N) is 2. The molecule has 1 amide bonds. The molecule has 1 saturated carbocycles. The Hall–Kier alpha value is -2.43. The van der Waals surface area contributed by atoms with Crippen LogP contribution in [0, 0.1) is 5.82 Å². The van der Waals surface area contributed by atoms with Gasteiger partial charge >= 0.3 is 0 Å². The molecule has 1 aliphatic rings. The quantitative estimate of drug-likeness (QED) is 0.878. The van der Waals surface area contributed by atoms with Gasteiger partial charge in [0.1, 0.15) is 5.82 Å². The van der Waals surface area contributed by atoms with Gasteiger partial charge in [0.2, 0.25) is 0 Å². The van der Waals surface area contributed by atoms with Gasteiger partial charge in [-0.05, 0) is 43.2 Å². The Labute approximate surface area is 122 Å². The Balaban J connectivity index is 1.87. The van der Waals surface area contributed by atoms with Crippen LogP contribution in [0.5, 0.6) is 0 Å². The van der Waals surface area contributed by atoms with Crippen molar-refractivity contribution in [3.05, 3.63) is 59.7 Å². The Morgan fingerprint density at radius 3 is 2.81 bits per heavy atom. The zero-order valence-corrected chi connectivity index (χ0v) is 11.5. The monoisotopic (exact) mass is 285 g/mol. The molecule has 0 unspecified atom stereocenters. The maximum Gasteiger partial charge on any atom is 0.256 e. The van der Waals surface area contributed by atoms with E-state index < -0.39 is 5.82 Å². The summed E-state index contributed by atoms with van der Waals surface area (Å²) in [6, 6.07) is 9.66. The Morgan fingerprint density at radius 1 is 1.33 bits per heavy atom. The number of amides is 1. The van der Waals surface area contributed by atoms with Crippen LogP contribution in [0.1, 0.15) is 28.9 Å². The van der Waals surface area contributed by atoms with Crippen LogP contribution in [0.2, 0.25) is 0 Å². The summed E-state index contributed by atoms with van der Waals surface area (Å²) in [4.78, 5) is 18.6. The van der Waals surface area contributed by atoms with Gasteiger partial charge in [0, 0.05) is 17.9 Å². The lowest BCUT2D eigenvalue weighted by Gasteiger charge is -2.23. The molecule has 2 N–H and O–H groups in total. The number of pyridine rings is 1. The number of nitrogen functional groups attached to an aromatic ring is 1. The zero-order valence-electron chi connectivity index (χ0n) is 11.5. The van der Waals surface area contributed by atoms with E-state index in [1.54, 1.807) is 11.1 Å². The molecule has 0 atom stereocenters. The predicted octanol–water partition coefficient (Wildman–Crippen LogP) is 2.61. The SMILES string of the molecule is Nc1ccc(F)cc1C(=O)N(Cc1ccccn1)C1CC1. The van der Waals surface area contributed by atoms with Crippen molar-refractivity contribution in [1.82, 2.24) is 9.88 Å². The molecular weight excluding hydrogens is 269 g/mol. The summed E-state index contributed by atoms with van der Waals surface area (Å²) < 4.78 is 13.4. The molecule has 4 nitrogen and oxygen atoms in total. The number of carbonyl (C=O) groups excluding carboxylic acids is 1. The van der Waals surface area contributed by atoms with Crippen LogP contribution in [0.25, 0.3) is 0 Å². The van der Waals surface area contributed by atoms with E-state index in [0.29, 0.717) is 12.2 Å². The number of aromatic nitrogens is 1. The number of benzene rings is 1. The zero-order chi connectivity index (χ0) is 14.8. The van der Waals surface area contributed by atoms with Crippen molar-refractivity contribution < 1.29 is 9.18 Å². The van der Waals surface area contributed by atoms with E-state index >= 15 is 0 Å². The van der Waals surface area contributed by atoms with Gasteiger partial charge in [-0.1, -0.05) is 6.07 Å². The molecule has 0 radical (unpaired) electrons. The van der Waals surface area contributed by atoms with Gasteiger partial charge in [-0.15, -0.1) is 0 Å². The second-order valence-corrected chi connectivity index (χ2v) is 5.22. The summed E-state index contributed by atoms with van der Waals surface area (Å²) in [7, 11) is 0. The minimum absolute atomic E-state index is 0.196. The Morgan fingerprint density at radius 2 is 2.14 bits per heavy atom. The summed E-state index contributed by atoms with van der Waals surface area (Å²) in [6.45, 7) is 0.417. The highest BCUT2D eigenvalue weighted by molar-refractivity contribution is 5.99. The van der Waals surface area contributed by atoms with Crippen LogP contribution in [0.3, 0.4) is 0 Å². The fraction of sp³-hybridized carbons (Fsp3) is 0.250. The summed E-state index contributed by atoms with van der Waals surface area (Å²) >= 11 is 0. The molecule has 1 aromatic carbocycles. The van der Waals surface area contributed by atoms with Crippen LogP contribution in [-0.2, 0) is 6.54 Å². The first kappa shape index (κ1) is 13.5. The van der Waals surface area contributed by atoms with E-state index in [4.69, 9.17) is 5.73 Å². The molecular formula is C16H16FN3O. The van der Waals surface area contributed by atoms with Crippen molar-refractivity contribution in [2.24, 2.45) is 0 Å². The van der Waals surface area contributed by atoms with Crippen molar-refractivity contribution in [3.63, 3.8) is 0 Å². The molecule has 5 heteroatoms. The van der Waals surface area contributed by atoms with E-state index in [1.807, 2.05) is 18.2 Å². The smallest absolute Gasteiger partial charge is 0.256 e.